The van der Waals surface area contributed by atoms with Gasteiger partial charge in [0, 0.05) is 19.2 Å². The molecule has 29 heavy (non-hydrogen) atoms. The highest BCUT2D eigenvalue weighted by molar-refractivity contribution is 6.03. The van der Waals surface area contributed by atoms with Crippen molar-refractivity contribution in [2.24, 2.45) is 5.10 Å². The van der Waals surface area contributed by atoms with E-state index in [1.807, 2.05) is 42.5 Å². The molecular weight excluding hydrogens is 368 g/mol. The predicted octanol–water partition coefficient (Wildman–Crippen LogP) is 3.19. The number of nitrogens with zero attached hydrogens (tertiary/aromatic N) is 2. The van der Waals surface area contributed by atoms with E-state index in [-0.39, 0.29) is 11.9 Å². The lowest BCUT2D eigenvalue weighted by atomic mass is 10.0. The van der Waals surface area contributed by atoms with Crippen molar-refractivity contribution in [2.45, 2.75) is 26.2 Å². The van der Waals surface area contributed by atoms with Crippen molar-refractivity contribution >= 4 is 23.3 Å². The molecular formula is C22H26N4O3. The highest BCUT2D eigenvalue weighted by atomic mass is 16.5. The number of nitrogens with one attached hydrogen (secondary N) is 2. The molecule has 0 spiro atoms. The van der Waals surface area contributed by atoms with Crippen LogP contribution in [0, 0.1) is 0 Å². The van der Waals surface area contributed by atoms with Crippen LogP contribution in [0.5, 0.6) is 5.75 Å². The number of amides is 3. The quantitative estimate of drug-likeness (QED) is 0.789. The minimum Gasteiger partial charge on any atom is -0.496 e. The first-order valence-electron chi connectivity index (χ1n) is 9.66. The number of ether oxygens (including phenoxy) is 1. The summed E-state index contributed by atoms with van der Waals surface area (Å²) >= 11 is 0. The molecule has 1 aliphatic heterocycles. The number of methoxy groups -OCH3 is 1. The van der Waals surface area contributed by atoms with E-state index >= 15 is 0 Å². The van der Waals surface area contributed by atoms with Crippen molar-refractivity contribution in [3.05, 3.63) is 59.2 Å². The molecule has 2 N–H and O–H groups in total. The fourth-order valence-corrected chi connectivity index (χ4v) is 3.26. The summed E-state index contributed by atoms with van der Waals surface area (Å²) in [7, 11) is 3.22. The van der Waals surface area contributed by atoms with Crippen LogP contribution < -0.4 is 15.4 Å². The Morgan fingerprint density at radius 1 is 1.17 bits per heavy atom. The van der Waals surface area contributed by atoms with E-state index in [0.717, 1.165) is 34.6 Å². The predicted molar refractivity (Wildman–Crippen MR) is 113 cm³/mol. The molecule has 7 heteroatoms. The molecule has 2 aromatic carbocycles. The van der Waals surface area contributed by atoms with Crippen LogP contribution in [0.25, 0.3) is 0 Å². The number of aryl methyl sites for hydroxylation is 1. The molecule has 0 aliphatic carbocycles. The van der Waals surface area contributed by atoms with E-state index < -0.39 is 0 Å². The number of carbonyl (C=O) groups is 2. The second-order valence-electron chi connectivity index (χ2n) is 6.77. The van der Waals surface area contributed by atoms with Gasteiger partial charge in [-0.3, -0.25) is 4.79 Å². The van der Waals surface area contributed by atoms with Crippen molar-refractivity contribution in [3.8, 4) is 5.75 Å². The lowest BCUT2D eigenvalue weighted by Gasteiger charge is -2.13. The monoisotopic (exact) mass is 394 g/mol. The zero-order valence-electron chi connectivity index (χ0n) is 17.0. The topological polar surface area (TPSA) is 83.0 Å². The molecule has 0 unspecified atom stereocenters. The summed E-state index contributed by atoms with van der Waals surface area (Å²) in [6, 6.07) is 13.0. The van der Waals surface area contributed by atoms with Gasteiger partial charge in [0.05, 0.1) is 25.8 Å². The van der Waals surface area contributed by atoms with E-state index in [1.54, 1.807) is 19.2 Å². The smallest absolute Gasteiger partial charge is 0.318 e. The summed E-state index contributed by atoms with van der Waals surface area (Å²) < 4.78 is 5.35. The van der Waals surface area contributed by atoms with Crippen molar-refractivity contribution in [2.75, 3.05) is 26.0 Å². The summed E-state index contributed by atoms with van der Waals surface area (Å²) in [5.41, 5.74) is 4.56. The van der Waals surface area contributed by atoms with E-state index in [2.05, 4.69) is 22.7 Å². The van der Waals surface area contributed by atoms with Crippen molar-refractivity contribution in [1.82, 2.24) is 10.3 Å². The second-order valence-corrected chi connectivity index (χ2v) is 6.77. The molecule has 152 valence electrons. The maximum atomic E-state index is 12.7. The molecule has 0 saturated carbocycles. The van der Waals surface area contributed by atoms with Gasteiger partial charge in [-0.05, 0) is 41.3 Å². The van der Waals surface area contributed by atoms with Gasteiger partial charge in [0.1, 0.15) is 5.75 Å². The van der Waals surface area contributed by atoms with Crippen LogP contribution in [-0.4, -0.2) is 43.4 Å². The summed E-state index contributed by atoms with van der Waals surface area (Å²) in [4.78, 5) is 24.1. The van der Waals surface area contributed by atoms with Gasteiger partial charge in [-0.1, -0.05) is 31.2 Å². The summed E-state index contributed by atoms with van der Waals surface area (Å²) in [6.45, 7) is 2.64. The Morgan fingerprint density at radius 2 is 1.93 bits per heavy atom. The fourth-order valence-electron chi connectivity index (χ4n) is 3.26. The maximum absolute atomic E-state index is 12.7. The van der Waals surface area contributed by atoms with Crippen LogP contribution in [0.4, 0.5) is 10.5 Å². The number of hydrazone groups is 1. The molecule has 0 aromatic heterocycles. The van der Waals surface area contributed by atoms with Gasteiger partial charge < -0.3 is 15.4 Å². The third-order valence-corrected chi connectivity index (χ3v) is 4.87. The average molecular weight is 394 g/mol. The van der Waals surface area contributed by atoms with Gasteiger partial charge in [0.15, 0.2) is 0 Å². The summed E-state index contributed by atoms with van der Waals surface area (Å²) in [5, 5.41) is 11.3. The first-order valence-corrected chi connectivity index (χ1v) is 9.66. The fraction of sp³-hybridized carbons (Fsp3) is 0.318. The zero-order chi connectivity index (χ0) is 20.8. The van der Waals surface area contributed by atoms with Gasteiger partial charge in [-0.25, -0.2) is 9.80 Å². The van der Waals surface area contributed by atoms with Gasteiger partial charge >= 0.3 is 6.03 Å². The Bertz CT molecular complexity index is 922. The standard InChI is InChI=1S/C22H26N4O3/c1-4-16-13-15(5-10-20(16)29-3)14-21(27)26-12-11-19(25-26)17-6-8-18(9-7-17)24-22(28)23-2/h5-10,13H,4,11-12,14H2,1-3H3,(H2,23,24,28). The SMILES string of the molecule is CCc1cc(CC(=O)N2CCC(c3ccc(NC(=O)NC)cc3)=N2)ccc1OC. The number of hydrogen-bond donors (Lipinski definition) is 2. The maximum Gasteiger partial charge on any atom is 0.318 e. The molecule has 0 radical (unpaired) electrons. The molecule has 2 aromatic rings. The normalized spacial score (nSPS) is 13.1. The Labute approximate surface area is 170 Å². The van der Waals surface area contributed by atoms with Crippen LogP contribution in [0.1, 0.15) is 30.0 Å². The van der Waals surface area contributed by atoms with Crippen molar-refractivity contribution < 1.29 is 14.3 Å². The molecule has 0 atom stereocenters. The number of benzene rings is 2. The first kappa shape index (κ1) is 20.4. The summed E-state index contributed by atoms with van der Waals surface area (Å²) in [6.07, 6.45) is 1.86. The highest BCUT2D eigenvalue weighted by Gasteiger charge is 2.22. The minimum atomic E-state index is -0.266. The average Bonchev–Trinajstić information content (AvgIpc) is 3.24. The summed E-state index contributed by atoms with van der Waals surface area (Å²) in [5.74, 6) is 0.824. The molecule has 3 rings (SSSR count). The van der Waals surface area contributed by atoms with Gasteiger partial charge in [0.25, 0.3) is 0 Å². The number of carbonyl (C=O) groups excluding carboxylic acids is 2. The third kappa shape index (κ3) is 4.93. The number of anilines is 1. The largest absolute Gasteiger partial charge is 0.496 e. The molecule has 3 amide bonds. The van der Waals surface area contributed by atoms with Gasteiger partial charge in [-0.2, -0.15) is 5.10 Å². The van der Waals surface area contributed by atoms with E-state index in [9.17, 15) is 9.59 Å². The molecule has 7 nitrogen and oxygen atoms in total. The van der Waals surface area contributed by atoms with Gasteiger partial charge in [-0.15, -0.1) is 0 Å². The van der Waals surface area contributed by atoms with E-state index in [0.29, 0.717) is 25.1 Å². The van der Waals surface area contributed by atoms with Crippen LogP contribution in [0.15, 0.2) is 47.6 Å². The van der Waals surface area contributed by atoms with Gasteiger partial charge in [0.2, 0.25) is 5.91 Å². The lowest BCUT2D eigenvalue weighted by molar-refractivity contribution is -0.130. The van der Waals surface area contributed by atoms with Crippen LogP contribution in [-0.2, 0) is 17.6 Å². The third-order valence-electron chi connectivity index (χ3n) is 4.87. The molecule has 0 saturated heterocycles. The molecule has 0 bridgehead atoms. The molecule has 1 heterocycles. The number of rotatable bonds is 6. The van der Waals surface area contributed by atoms with Crippen LogP contribution in [0.3, 0.4) is 0 Å². The van der Waals surface area contributed by atoms with Crippen molar-refractivity contribution in [1.29, 1.82) is 0 Å². The second kappa shape index (κ2) is 9.23. The Hall–Kier alpha value is -3.35. The van der Waals surface area contributed by atoms with Crippen LogP contribution in [0.2, 0.25) is 0 Å². The van der Waals surface area contributed by atoms with E-state index in [4.69, 9.17) is 4.74 Å². The Kier molecular flexibility index (Phi) is 6.49. The Morgan fingerprint density at radius 3 is 2.59 bits per heavy atom. The number of urea groups is 1. The molecule has 1 aliphatic rings. The minimum absolute atomic E-state index is 0.0230. The van der Waals surface area contributed by atoms with E-state index in [1.165, 1.54) is 0 Å². The number of hydrogen-bond acceptors (Lipinski definition) is 4. The Balaban J connectivity index is 1.66. The van der Waals surface area contributed by atoms with Crippen molar-refractivity contribution in [3.63, 3.8) is 0 Å². The molecule has 0 fully saturated rings. The van der Waals surface area contributed by atoms with Crippen LogP contribution >= 0.6 is 0 Å². The highest BCUT2D eigenvalue weighted by Crippen LogP contribution is 2.22. The lowest BCUT2D eigenvalue weighted by Crippen LogP contribution is -2.25. The zero-order valence-corrected chi connectivity index (χ0v) is 17.0. The first-order chi connectivity index (χ1) is 14.0.